The maximum absolute atomic E-state index is 11.3. The number of ether oxygens (including phenoxy) is 1. The summed E-state index contributed by atoms with van der Waals surface area (Å²) in [5.41, 5.74) is 1.15. The van der Waals surface area contributed by atoms with Crippen molar-refractivity contribution in [2.24, 2.45) is 4.99 Å². The van der Waals surface area contributed by atoms with E-state index in [-0.39, 0.29) is 0 Å². The average Bonchev–Trinajstić information content (AvgIpc) is 2.84. The molecule has 0 spiro atoms. The highest BCUT2D eigenvalue weighted by molar-refractivity contribution is 7.92. The van der Waals surface area contributed by atoms with Crippen LogP contribution in [0.4, 0.5) is 5.69 Å². The molecule has 0 saturated heterocycles. The first-order valence-corrected chi connectivity index (χ1v) is 8.28. The van der Waals surface area contributed by atoms with Crippen LogP contribution in [-0.4, -0.2) is 40.7 Å². The van der Waals surface area contributed by atoms with Gasteiger partial charge in [-0.05, 0) is 11.6 Å². The molecule has 0 unspecified atom stereocenters. The molecule has 20 heavy (non-hydrogen) atoms. The molecule has 2 rings (SSSR count). The molecule has 1 aliphatic rings. The molecule has 0 aliphatic carbocycles. The number of halogens is 1. The molecule has 0 saturated carbocycles. The number of anilines is 1. The summed E-state index contributed by atoms with van der Waals surface area (Å²) in [5, 5.41) is 3.55. The summed E-state index contributed by atoms with van der Waals surface area (Å²) in [6, 6.07) is 3.40. The third-order valence-corrected chi connectivity index (χ3v) is 3.78. The van der Waals surface area contributed by atoms with Crippen molar-refractivity contribution in [2.45, 2.75) is 6.42 Å². The molecule has 0 radical (unpaired) electrons. The molecule has 0 atom stereocenters. The van der Waals surface area contributed by atoms with Crippen LogP contribution in [0.3, 0.4) is 0 Å². The van der Waals surface area contributed by atoms with Gasteiger partial charge in [0.05, 0.1) is 30.6 Å². The standard InChI is InChI=1S/C12H16ClN3O3S/c1-19-12-9(16-20(2,17)18)4-3-8(11(12)13)7-10-14-5-6-15-10/h3-4,16H,5-7H2,1-2H3,(H,14,15). The number of benzene rings is 1. The van der Waals surface area contributed by atoms with Crippen molar-refractivity contribution in [1.82, 2.24) is 5.32 Å². The summed E-state index contributed by atoms with van der Waals surface area (Å²) in [5.74, 6) is 1.19. The highest BCUT2D eigenvalue weighted by Crippen LogP contribution is 2.36. The lowest BCUT2D eigenvalue weighted by Gasteiger charge is -2.14. The number of nitrogens with zero attached hydrogens (tertiary/aromatic N) is 1. The highest BCUT2D eigenvalue weighted by Gasteiger charge is 2.17. The lowest BCUT2D eigenvalue weighted by molar-refractivity contribution is 0.416. The molecule has 0 amide bonds. The normalized spacial score (nSPS) is 14.7. The van der Waals surface area contributed by atoms with E-state index >= 15 is 0 Å². The predicted molar refractivity (Wildman–Crippen MR) is 80.5 cm³/mol. The summed E-state index contributed by atoms with van der Waals surface area (Å²) in [6.45, 7) is 1.59. The van der Waals surface area contributed by atoms with Gasteiger partial charge < -0.3 is 10.1 Å². The van der Waals surface area contributed by atoms with E-state index in [0.717, 1.165) is 30.7 Å². The van der Waals surface area contributed by atoms with Gasteiger partial charge in [0.1, 0.15) is 5.84 Å². The molecular weight excluding hydrogens is 302 g/mol. The maximum atomic E-state index is 11.3. The Morgan fingerprint density at radius 2 is 2.25 bits per heavy atom. The maximum Gasteiger partial charge on any atom is 0.229 e. The number of methoxy groups -OCH3 is 1. The number of nitrogens with one attached hydrogen (secondary N) is 2. The molecule has 2 N–H and O–H groups in total. The molecule has 6 nitrogen and oxygen atoms in total. The Hall–Kier alpha value is -1.47. The number of aliphatic imine (C=N–C) groups is 1. The van der Waals surface area contributed by atoms with Crippen LogP contribution in [0, 0.1) is 0 Å². The predicted octanol–water partition coefficient (Wildman–Crippen LogP) is 1.26. The Morgan fingerprint density at radius 1 is 1.50 bits per heavy atom. The lowest BCUT2D eigenvalue weighted by Crippen LogP contribution is -2.20. The van der Waals surface area contributed by atoms with Gasteiger partial charge >= 0.3 is 0 Å². The Bertz CT molecular complexity index is 644. The first-order chi connectivity index (χ1) is 9.40. The van der Waals surface area contributed by atoms with Crippen LogP contribution in [0.15, 0.2) is 17.1 Å². The summed E-state index contributed by atoms with van der Waals surface area (Å²) in [7, 11) is -1.94. The van der Waals surface area contributed by atoms with Gasteiger partial charge in [-0.2, -0.15) is 0 Å². The Kier molecular flexibility index (Phi) is 4.39. The molecule has 110 valence electrons. The van der Waals surface area contributed by atoms with E-state index < -0.39 is 10.0 Å². The Balaban J connectivity index is 2.32. The van der Waals surface area contributed by atoms with E-state index in [4.69, 9.17) is 16.3 Å². The van der Waals surface area contributed by atoms with Gasteiger partial charge in [0.25, 0.3) is 0 Å². The molecule has 0 aromatic heterocycles. The second-order valence-corrected chi connectivity index (χ2v) is 6.55. The lowest BCUT2D eigenvalue weighted by atomic mass is 10.1. The van der Waals surface area contributed by atoms with Gasteiger partial charge in [-0.3, -0.25) is 9.71 Å². The Morgan fingerprint density at radius 3 is 2.80 bits per heavy atom. The number of sulfonamides is 1. The van der Waals surface area contributed by atoms with Gasteiger partial charge in [-0.15, -0.1) is 0 Å². The van der Waals surface area contributed by atoms with Crippen molar-refractivity contribution < 1.29 is 13.2 Å². The van der Waals surface area contributed by atoms with Gasteiger partial charge in [0.15, 0.2) is 5.75 Å². The van der Waals surface area contributed by atoms with Crippen LogP contribution in [0.5, 0.6) is 5.75 Å². The minimum Gasteiger partial charge on any atom is -0.493 e. The molecule has 8 heteroatoms. The van der Waals surface area contributed by atoms with Crippen LogP contribution >= 0.6 is 11.6 Å². The number of rotatable bonds is 5. The minimum absolute atomic E-state index is 0.313. The summed E-state index contributed by atoms with van der Waals surface area (Å²) in [4.78, 5) is 4.30. The first-order valence-electron chi connectivity index (χ1n) is 6.01. The van der Waals surface area contributed by atoms with Crippen molar-refractivity contribution in [2.75, 3.05) is 31.2 Å². The van der Waals surface area contributed by atoms with Crippen LogP contribution in [0.25, 0.3) is 0 Å². The fourth-order valence-corrected chi connectivity index (χ4v) is 2.83. The SMILES string of the molecule is COc1c(NS(C)(=O)=O)ccc(CC2=NCCN2)c1Cl. The van der Waals surface area contributed by atoms with E-state index in [1.165, 1.54) is 7.11 Å². The van der Waals surface area contributed by atoms with E-state index in [1.807, 2.05) is 0 Å². The second-order valence-electron chi connectivity index (χ2n) is 4.43. The number of hydrogen-bond acceptors (Lipinski definition) is 5. The zero-order valence-electron chi connectivity index (χ0n) is 11.2. The van der Waals surface area contributed by atoms with Gasteiger partial charge in [-0.1, -0.05) is 17.7 Å². The summed E-state index contributed by atoms with van der Waals surface area (Å²) >= 11 is 6.28. The Labute approximate surface area is 123 Å². The molecular formula is C12H16ClN3O3S. The van der Waals surface area contributed by atoms with E-state index in [9.17, 15) is 8.42 Å². The zero-order chi connectivity index (χ0) is 14.8. The smallest absolute Gasteiger partial charge is 0.229 e. The van der Waals surface area contributed by atoms with Gasteiger partial charge in [0, 0.05) is 13.0 Å². The van der Waals surface area contributed by atoms with Crippen LogP contribution in [0.1, 0.15) is 5.56 Å². The molecule has 0 bridgehead atoms. The average molecular weight is 318 g/mol. The van der Waals surface area contributed by atoms with Gasteiger partial charge in [0.2, 0.25) is 10.0 Å². The fraction of sp³-hybridized carbons (Fsp3) is 0.417. The largest absolute Gasteiger partial charge is 0.493 e. The third-order valence-electron chi connectivity index (χ3n) is 2.78. The molecule has 0 fully saturated rings. The minimum atomic E-state index is -3.39. The van der Waals surface area contributed by atoms with E-state index in [2.05, 4.69) is 15.0 Å². The quantitative estimate of drug-likeness (QED) is 0.857. The zero-order valence-corrected chi connectivity index (χ0v) is 12.8. The first kappa shape index (κ1) is 14.9. The molecule has 1 aromatic rings. The number of amidine groups is 1. The monoisotopic (exact) mass is 317 g/mol. The molecule has 1 aromatic carbocycles. The third kappa shape index (κ3) is 3.55. The summed E-state index contributed by atoms with van der Waals surface area (Å²) < 4.78 is 30.2. The van der Waals surface area contributed by atoms with Crippen LogP contribution < -0.4 is 14.8 Å². The summed E-state index contributed by atoms with van der Waals surface area (Å²) in [6.07, 6.45) is 1.64. The van der Waals surface area contributed by atoms with Gasteiger partial charge in [-0.25, -0.2) is 8.42 Å². The molecule has 1 aliphatic heterocycles. The van der Waals surface area contributed by atoms with Crippen LogP contribution in [-0.2, 0) is 16.4 Å². The molecule has 1 heterocycles. The second kappa shape index (κ2) is 5.88. The van der Waals surface area contributed by atoms with Crippen LogP contribution in [0.2, 0.25) is 5.02 Å². The number of hydrogen-bond donors (Lipinski definition) is 2. The van der Waals surface area contributed by atoms with Crippen molar-refractivity contribution in [1.29, 1.82) is 0 Å². The van der Waals surface area contributed by atoms with E-state index in [1.54, 1.807) is 12.1 Å². The van der Waals surface area contributed by atoms with Crippen molar-refractivity contribution in [3.63, 3.8) is 0 Å². The van der Waals surface area contributed by atoms with Crippen molar-refractivity contribution in [3.8, 4) is 5.75 Å². The topological polar surface area (TPSA) is 79.8 Å². The highest BCUT2D eigenvalue weighted by atomic mass is 35.5. The van der Waals surface area contributed by atoms with Crippen molar-refractivity contribution >= 4 is 33.1 Å². The van der Waals surface area contributed by atoms with Crippen molar-refractivity contribution in [3.05, 3.63) is 22.7 Å². The van der Waals surface area contributed by atoms with E-state index in [0.29, 0.717) is 22.9 Å². The fourth-order valence-electron chi connectivity index (χ4n) is 1.96.